The average Bonchev–Trinajstić information content (AvgIpc) is 2.83. The van der Waals surface area contributed by atoms with Crippen LogP contribution in [0, 0.1) is 0 Å². The summed E-state index contributed by atoms with van der Waals surface area (Å²) < 4.78 is 18.0. The summed E-state index contributed by atoms with van der Waals surface area (Å²) in [6, 6.07) is 0. The number of imidazole rings is 1. The average molecular weight is 242 g/mol. The summed E-state index contributed by atoms with van der Waals surface area (Å²) in [6.07, 6.45) is 4.90. The van der Waals surface area contributed by atoms with E-state index in [1.54, 1.807) is 23.3 Å². The highest BCUT2D eigenvalue weighted by atomic mass is 32.1. The van der Waals surface area contributed by atoms with Crippen molar-refractivity contribution in [1.82, 2.24) is 9.55 Å². The molecular weight excluding hydrogens is 228 g/mol. The van der Waals surface area contributed by atoms with Gasteiger partial charge in [0.15, 0.2) is 5.79 Å². The summed E-state index contributed by atoms with van der Waals surface area (Å²) in [4.78, 5) is 3.89. The van der Waals surface area contributed by atoms with E-state index in [4.69, 9.17) is 26.4 Å². The molecule has 1 saturated heterocycles. The first-order valence-electron chi connectivity index (χ1n) is 5.04. The quantitative estimate of drug-likeness (QED) is 0.729. The molecule has 0 unspecified atom stereocenters. The monoisotopic (exact) mass is 242 g/mol. The predicted molar refractivity (Wildman–Crippen MR) is 61.1 cm³/mol. The van der Waals surface area contributed by atoms with Crippen LogP contribution in [0.15, 0.2) is 18.7 Å². The van der Waals surface area contributed by atoms with E-state index in [9.17, 15) is 0 Å². The van der Waals surface area contributed by atoms with Gasteiger partial charge in [-0.05, 0) is 26.1 Å². The lowest BCUT2D eigenvalue weighted by molar-refractivity contribution is -0.141. The molecule has 16 heavy (non-hydrogen) atoms. The van der Waals surface area contributed by atoms with Crippen LogP contribution in [0.3, 0.4) is 0 Å². The third kappa shape index (κ3) is 2.78. The van der Waals surface area contributed by atoms with Crippen molar-refractivity contribution in [2.24, 2.45) is 0 Å². The molecule has 5 nitrogen and oxygen atoms in total. The molecule has 1 aliphatic rings. The molecule has 1 atom stereocenters. The molecule has 1 aliphatic heterocycles. The Balaban J connectivity index is 1.79. The number of hydrogen-bond donors (Lipinski definition) is 0. The van der Waals surface area contributed by atoms with Gasteiger partial charge in [0.25, 0.3) is 5.17 Å². The van der Waals surface area contributed by atoms with Crippen molar-refractivity contribution in [3.8, 4) is 0 Å². The van der Waals surface area contributed by atoms with Gasteiger partial charge in [0.05, 0.1) is 6.61 Å². The van der Waals surface area contributed by atoms with Crippen LogP contribution in [-0.4, -0.2) is 39.8 Å². The minimum Gasteiger partial charge on any atom is -0.468 e. The molecule has 0 N–H and O–H groups in total. The van der Waals surface area contributed by atoms with Gasteiger partial charge in [0.2, 0.25) is 0 Å². The van der Waals surface area contributed by atoms with Crippen molar-refractivity contribution in [2.75, 3.05) is 13.2 Å². The van der Waals surface area contributed by atoms with Crippen molar-refractivity contribution in [3.63, 3.8) is 0 Å². The van der Waals surface area contributed by atoms with Crippen LogP contribution in [0.5, 0.6) is 0 Å². The third-order valence-electron chi connectivity index (χ3n) is 2.18. The topological polar surface area (TPSA) is 45.5 Å². The van der Waals surface area contributed by atoms with Crippen molar-refractivity contribution in [1.29, 1.82) is 0 Å². The van der Waals surface area contributed by atoms with Crippen molar-refractivity contribution in [3.05, 3.63) is 18.7 Å². The first kappa shape index (κ1) is 11.5. The Morgan fingerprint density at radius 3 is 3.06 bits per heavy atom. The molecule has 0 aliphatic carbocycles. The Hall–Kier alpha value is -0.980. The molecule has 1 aromatic heterocycles. The molecule has 2 heterocycles. The van der Waals surface area contributed by atoms with Crippen LogP contribution < -0.4 is 0 Å². The summed E-state index contributed by atoms with van der Waals surface area (Å²) in [6.45, 7) is 4.67. The molecule has 0 bridgehead atoms. The van der Waals surface area contributed by atoms with E-state index in [-0.39, 0.29) is 6.10 Å². The molecule has 1 fully saturated rings. The van der Waals surface area contributed by atoms with E-state index in [1.165, 1.54) is 0 Å². The standard InChI is InChI=1S/C10H14N2O3S/c1-10(2)14-6-8(15-10)5-13-9(16)12-4-3-11-7-12/h3-4,7-8H,5-6H2,1-2H3/t8-/m1/s1. The van der Waals surface area contributed by atoms with Crippen molar-refractivity contribution >= 4 is 17.4 Å². The van der Waals surface area contributed by atoms with E-state index in [2.05, 4.69) is 4.98 Å². The van der Waals surface area contributed by atoms with Crippen LogP contribution >= 0.6 is 12.2 Å². The largest absolute Gasteiger partial charge is 0.468 e. The number of aromatic nitrogens is 2. The minimum atomic E-state index is -0.523. The zero-order valence-corrected chi connectivity index (χ0v) is 10.1. The van der Waals surface area contributed by atoms with Crippen LogP contribution in [0.1, 0.15) is 13.8 Å². The lowest BCUT2D eigenvalue weighted by Crippen LogP contribution is -2.26. The lowest BCUT2D eigenvalue weighted by atomic mass is 10.4. The second-order valence-electron chi connectivity index (χ2n) is 4.00. The van der Waals surface area contributed by atoms with Gasteiger partial charge in [0.1, 0.15) is 19.0 Å². The van der Waals surface area contributed by atoms with Crippen molar-refractivity contribution < 1.29 is 14.2 Å². The van der Waals surface area contributed by atoms with Crippen molar-refractivity contribution in [2.45, 2.75) is 25.7 Å². The summed E-state index contributed by atoms with van der Waals surface area (Å²) >= 11 is 5.07. The summed E-state index contributed by atoms with van der Waals surface area (Å²) in [5.74, 6) is -0.523. The van der Waals surface area contributed by atoms with Gasteiger partial charge in [-0.2, -0.15) is 0 Å². The summed E-state index contributed by atoms with van der Waals surface area (Å²) in [5, 5.41) is 0.366. The van der Waals surface area contributed by atoms with Gasteiger partial charge in [-0.25, -0.2) is 4.98 Å². The van der Waals surface area contributed by atoms with Crippen LogP contribution in [0.25, 0.3) is 0 Å². The molecule has 1 aromatic rings. The smallest absolute Gasteiger partial charge is 0.268 e. The van der Waals surface area contributed by atoms with Gasteiger partial charge in [-0.3, -0.25) is 4.57 Å². The Morgan fingerprint density at radius 2 is 2.50 bits per heavy atom. The maximum atomic E-state index is 5.58. The normalized spacial score (nSPS) is 23.2. The molecular formula is C10H14N2O3S. The minimum absolute atomic E-state index is 0.0727. The maximum absolute atomic E-state index is 5.58. The van der Waals surface area contributed by atoms with Gasteiger partial charge in [0, 0.05) is 12.4 Å². The highest BCUT2D eigenvalue weighted by Crippen LogP contribution is 2.22. The fourth-order valence-electron chi connectivity index (χ4n) is 1.45. The second kappa shape index (κ2) is 4.48. The van der Waals surface area contributed by atoms with Gasteiger partial charge in [-0.1, -0.05) is 0 Å². The molecule has 0 amide bonds. The van der Waals surface area contributed by atoms with Gasteiger partial charge < -0.3 is 14.2 Å². The highest BCUT2D eigenvalue weighted by molar-refractivity contribution is 7.80. The number of ether oxygens (including phenoxy) is 3. The van der Waals surface area contributed by atoms with E-state index in [1.807, 2.05) is 13.8 Å². The fourth-order valence-corrected chi connectivity index (χ4v) is 1.63. The van der Waals surface area contributed by atoms with Crippen LogP contribution in [0.2, 0.25) is 0 Å². The highest BCUT2D eigenvalue weighted by Gasteiger charge is 2.33. The zero-order valence-electron chi connectivity index (χ0n) is 9.25. The van der Waals surface area contributed by atoms with E-state index < -0.39 is 5.79 Å². The van der Waals surface area contributed by atoms with E-state index in [0.29, 0.717) is 18.4 Å². The second-order valence-corrected chi connectivity index (χ2v) is 4.35. The number of thiocarbonyl (C=S) groups is 1. The molecule has 88 valence electrons. The first-order chi connectivity index (χ1) is 7.57. The molecule has 0 spiro atoms. The third-order valence-corrected chi connectivity index (χ3v) is 2.50. The Morgan fingerprint density at radius 1 is 1.69 bits per heavy atom. The Kier molecular flexibility index (Phi) is 3.22. The maximum Gasteiger partial charge on any atom is 0.268 e. The van der Waals surface area contributed by atoms with Crippen LogP contribution in [-0.2, 0) is 14.2 Å². The molecule has 6 heteroatoms. The number of hydrogen-bond acceptors (Lipinski definition) is 5. The SMILES string of the molecule is CC1(C)OC[C@@H](COC(=S)n2ccnc2)O1. The molecule has 2 rings (SSSR count). The molecule has 0 aromatic carbocycles. The van der Waals surface area contributed by atoms with E-state index >= 15 is 0 Å². The lowest BCUT2D eigenvalue weighted by Gasteiger charge is -2.17. The predicted octanol–water partition coefficient (Wildman–Crippen LogP) is 1.18. The molecule has 0 radical (unpaired) electrons. The van der Waals surface area contributed by atoms with Gasteiger partial charge >= 0.3 is 0 Å². The number of nitrogens with zero attached hydrogens (tertiary/aromatic N) is 2. The Labute approximate surface area is 99.3 Å². The van der Waals surface area contributed by atoms with Gasteiger partial charge in [-0.15, -0.1) is 0 Å². The first-order valence-corrected chi connectivity index (χ1v) is 5.44. The Bertz CT molecular complexity index is 364. The summed E-state index contributed by atoms with van der Waals surface area (Å²) in [7, 11) is 0. The fraction of sp³-hybridized carbons (Fsp3) is 0.600. The van der Waals surface area contributed by atoms with E-state index in [0.717, 1.165) is 0 Å². The molecule has 0 saturated carbocycles. The number of rotatable bonds is 2. The summed E-state index contributed by atoms with van der Waals surface area (Å²) in [5.41, 5.74) is 0. The van der Waals surface area contributed by atoms with Crippen LogP contribution in [0.4, 0.5) is 0 Å². The zero-order chi connectivity index (χ0) is 11.6.